The first-order chi connectivity index (χ1) is 22.2. The summed E-state index contributed by atoms with van der Waals surface area (Å²) in [5.41, 5.74) is 4.81. The summed E-state index contributed by atoms with van der Waals surface area (Å²) in [5, 5.41) is 2.99. The number of carbonyl (C=O) groups excluding carboxylic acids is 2. The second-order valence-electron chi connectivity index (χ2n) is 13.9. The van der Waals surface area contributed by atoms with Crippen molar-refractivity contribution in [3.63, 3.8) is 0 Å². The number of sulfone groups is 1. The van der Waals surface area contributed by atoms with E-state index in [9.17, 15) is 22.4 Å². The maximum absolute atomic E-state index is 13.9. The summed E-state index contributed by atoms with van der Waals surface area (Å²) in [7, 11) is -3.04. The van der Waals surface area contributed by atoms with E-state index in [-0.39, 0.29) is 46.5 Å². The molecular formula is C35H40FN5O5S. The molecule has 3 aliphatic rings. The second kappa shape index (κ2) is 12.4. The van der Waals surface area contributed by atoms with Crippen molar-refractivity contribution >= 4 is 33.2 Å². The van der Waals surface area contributed by atoms with E-state index in [2.05, 4.69) is 15.3 Å². The second-order valence-corrected chi connectivity index (χ2v) is 16.2. The Morgan fingerprint density at radius 3 is 2.15 bits per heavy atom. The zero-order valence-electron chi connectivity index (χ0n) is 27.1. The number of ether oxygens (including phenoxy) is 1. The molecule has 2 aromatic carbocycles. The number of anilines is 1. The van der Waals surface area contributed by atoms with Crippen LogP contribution in [0.3, 0.4) is 0 Å². The predicted octanol–water partition coefficient (Wildman–Crippen LogP) is 5.17. The molecule has 2 aliphatic heterocycles. The summed E-state index contributed by atoms with van der Waals surface area (Å²) in [4.78, 5) is 37.8. The van der Waals surface area contributed by atoms with Crippen LogP contribution in [0.2, 0.25) is 0 Å². The highest BCUT2D eigenvalue weighted by atomic mass is 32.2. The lowest BCUT2D eigenvalue weighted by molar-refractivity contribution is -0.0500. The first kappa shape index (κ1) is 32.6. The van der Waals surface area contributed by atoms with Gasteiger partial charge in [-0.2, -0.15) is 0 Å². The minimum atomic E-state index is -3.04. The van der Waals surface area contributed by atoms with Crippen LogP contribution in [0, 0.1) is 11.2 Å². The van der Waals surface area contributed by atoms with E-state index < -0.39 is 15.4 Å². The molecule has 1 saturated carbocycles. The Morgan fingerprint density at radius 1 is 0.957 bits per heavy atom. The standard InChI is InChI=1S/C35H40FN5O5S/c1-23(38-32(42)29-19-37-20-30(39-29)40-13-15-47(44,45)16-14-40)24-5-7-25(8-6-24)31(26-9-11-28(36)12-10-26)27-17-35(18-27)21-41(22-35)33(43)46-34(2,3)4/h5-12,19-20,23H,13-18,21-22H2,1-4H3,(H,38,42)/t23-/m1/s1. The van der Waals surface area contributed by atoms with Gasteiger partial charge in [0.2, 0.25) is 0 Å². The molecule has 2 amide bonds. The normalized spacial score (nSPS) is 19.0. The topological polar surface area (TPSA) is 122 Å². The minimum Gasteiger partial charge on any atom is -0.444 e. The highest BCUT2D eigenvalue weighted by molar-refractivity contribution is 7.91. The van der Waals surface area contributed by atoms with Gasteiger partial charge in [0, 0.05) is 31.6 Å². The number of likely N-dealkylation sites (tertiary alicyclic amines) is 1. The lowest BCUT2D eigenvalue weighted by Crippen LogP contribution is -2.62. The Bertz CT molecular complexity index is 1790. The van der Waals surface area contributed by atoms with E-state index in [4.69, 9.17) is 4.74 Å². The molecule has 2 saturated heterocycles. The minimum absolute atomic E-state index is 0.0438. The number of hydrogen-bond donors (Lipinski definition) is 1. The first-order valence-corrected chi connectivity index (χ1v) is 17.7. The Labute approximate surface area is 275 Å². The lowest BCUT2D eigenvalue weighted by Gasteiger charge is -2.57. The monoisotopic (exact) mass is 661 g/mol. The average Bonchev–Trinajstić information content (AvgIpc) is 2.97. The van der Waals surface area contributed by atoms with Gasteiger partial charge in [-0.1, -0.05) is 42.0 Å². The van der Waals surface area contributed by atoms with Crippen molar-refractivity contribution in [2.75, 3.05) is 42.6 Å². The average molecular weight is 662 g/mol. The maximum atomic E-state index is 13.9. The summed E-state index contributed by atoms with van der Waals surface area (Å²) < 4.78 is 43.0. The molecule has 1 aromatic heterocycles. The Balaban J connectivity index is 1.14. The molecule has 0 radical (unpaired) electrons. The molecule has 3 heterocycles. The maximum Gasteiger partial charge on any atom is 0.410 e. The van der Waals surface area contributed by atoms with Crippen molar-refractivity contribution < 1.29 is 27.1 Å². The van der Waals surface area contributed by atoms with Crippen LogP contribution in [0.1, 0.15) is 73.8 Å². The van der Waals surface area contributed by atoms with Crippen LogP contribution >= 0.6 is 0 Å². The largest absolute Gasteiger partial charge is 0.444 e. The SMILES string of the molecule is C[C@@H](NC(=O)c1cncc(N2CCS(=O)(=O)CC2)n1)c1ccc(C(=C2CC3(C2)CN(C(=O)OC(C)(C)C)C3)c2ccc(F)cc2)cc1. The van der Waals surface area contributed by atoms with E-state index in [1.54, 1.807) is 17.0 Å². The van der Waals surface area contributed by atoms with Crippen LogP contribution in [0.4, 0.5) is 15.0 Å². The third-order valence-electron chi connectivity index (χ3n) is 8.94. The van der Waals surface area contributed by atoms with E-state index >= 15 is 0 Å². The molecule has 3 aromatic rings. The van der Waals surface area contributed by atoms with Gasteiger partial charge >= 0.3 is 6.09 Å². The van der Waals surface area contributed by atoms with Gasteiger partial charge in [-0.25, -0.2) is 22.6 Å². The van der Waals surface area contributed by atoms with Crippen molar-refractivity contribution in [3.8, 4) is 0 Å². The molecule has 0 unspecified atom stereocenters. The van der Waals surface area contributed by atoms with Crippen LogP contribution in [-0.4, -0.2) is 78.6 Å². The fourth-order valence-corrected chi connectivity index (χ4v) is 7.72. The Kier molecular flexibility index (Phi) is 8.58. The number of halogens is 1. The van der Waals surface area contributed by atoms with Crippen LogP contribution < -0.4 is 10.2 Å². The molecule has 10 nitrogen and oxygen atoms in total. The number of rotatable bonds is 6. The van der Waals surface area contributed by atoms with E-state index in [1.807, 2.05) is 56.9 Å². The molecule has 248 valence electrons. The van der Waals surface area contributed by atoms with Crippen molar-refractivity contribution in [3.05, 3.63) is 94.7 Å². The number of allylic oxidation sites excluding steroid dienone is 1. The van der Waals surface area contributed by atoms with Gasteiger partial charge in [0.15, 0.2) is 9.84 Å². The number of amides is 2. The molecule has 12 heteroatoms. The fourth-order valence-electron chi connectivity index (χ4n) is 6.52. The van der Waals surface area contributed by atoms with Crippen LogP contribution in [0.5, 0.6) is 0 Å². The van der Waals surface area contributed by atoms with Crippen molar-refractivity contribution in [2.24, 2.45) is 5.41 Å². The molecule has 1 N–H and O–H groups in total. The van der Waals surface area contributed by atoms with Gasteiger partial charge in [-0.15, -0.1) is 0 Å². The molecule has 1 spiro atoms. The Morgan fingerprint density at radius 2 is 1.55 bits per heavy atom. The molecule has 47 heavy (non-hydrogen) atoms. The smallest absolute Gasteiger partial charge is 0.410 e. The molecular weight excluding hydrogens is 621 g/mol. The van der Waals surface area contributed by atoms with Gasteiger partial charge < -0.3 is 19.9 Å². The molecule has 3 fully saturated rings. The van der Waals surface area contributed by atoms with Crippen molar-refractivity contribution in [1.29, 1.82) is 0 Å². The number of nitrogens with one attached hydrogen (secondary N) is 1. The number of benzene rings is 2. The van der Waals surface area contributed by atoms with Crippen molar-refractivity contribution in [2.45, 2.75) is 52.2 Å². The van der Waals surface area contributed by atoms with Crippen LogP contribution in [0.25, 0.3) is 5.57 Å². The fraction of sp³-hybridized carbons (Fsp3) is 0.429. The quantitative estimate of drug-likeness (QED) is 0.384. The zero-order chi connectivity index (χ0) is 33.6. The zero-order valence-corrected chi connectivity index (χ0v) is 27.9. The first-order valence-electron chi connectivity index (χ1n) is 15.8. The van der Waals surface area contributed by atoms with Gasteiger partial charge in [0.1, 0.15) is 22.9 Å². The molecule has 1 atom stereocenters. The third-order valence-corrected chi connectivity index (χ3v) is 10.5. The van der Waals surface area contributed by atoms with Crippen LogP contribution in [0.15, 0.2) is 66.5 Å². The summed E-state index contributed by atoms with van der Waals surface area (Å²) >= 11 is 0. The van der Waals surface area contributed by atoms with Gasteiger partial charge in [0.25, 0.3) is 5.91 Å². The van der Waals surface area contributed by atoms with Crippen LogP contribution in [-0.2, 0) is 14.6 Å². The Hall–Kier alpha value is -4.32. The van der Waals surface area contributed by atoms with Crippen molar-refractivity contribution in [1.82, 2.24) is 20.2 Å². The van der Waals surface area contributed by atoms with E-state index in [0.717, 1.165) is 35.1 Å². The lowest BCUT2D eigenvalue weighted by atomic mass is 9.59. The highest BCUT2D eigenvalue weighted by Gasteiger charge is 2.53. The van der Waals surface area contributed by atoms with E-state index in [0.29, 0.717) is 32.0 Å². The highest BCUT2D eigenvalue weighted by Crippen LogP contribution is 2.55. The summed E-state index contributed by atoms with van der Waals surface area (Å²) in [5.74, 6) is -0.107. The molecule has 0 bridgehead atoms. The number of hydrogen-bond acceptors (Lipinski definition) is 8. The number of aromatic nitrogens is 2. The summed E-state index contributed by atoms with van der Waals surface area (Å²) in [6.07, 6.45) is 4.35. The molecule has 6 rings (SSSR count). The molecule has 1 aliphatic carbocycles. The summed E-state index contributed by atoms with van der Waals surface area (Å²) in [6, 6.07) is 14.2. The summed E-state index contributed by atoms with van der Waals surface area (Å²) in [6.45, 7) is 9.42. The number of nitrogens with zero attached hydrogens (tertiary/aromatic N) is 4. The van der Waals surface area contributed by atoms with Gasteiger partial charge in [-0.05, 0) is 74.9 Å². The van der Waals surface area contributed by atoms with E-state index in [1.165, 1.54) is 30.1 Å². The third kappa shape index (κ3) is 7.32. The van der Waals surface area contributed by atoms with Gasteiger partial charge in [-0.3, -0.25) is 9.78 Å². The number of carbonyl (C=O) groups is 2. The predicted molar refractivity (Wildman–Crippen MR) is 177 cm³/mol. The van der Waals surface area contributed by atoms with Gasteiger partial charge in [0.05, 0.1) is 29.9 Å².